The van der Waals surface area contributed by atoms with E-state index in [9.17, 15) is 18.7 Å². The van der Waals surface area contributed by atoms with Crippen molar-refractivity contribution in [3.05, 3.63) is 53.7 Å². The highest BCUT2D eigenvalue weighted by atomic mass is 19.2. The summed E-state index contributed by atoms with van der Waals surface area (Å²) in [5.74, 6) is -3.77. The Bertz CT molecular complexity index is 1690. The smallest absolute Gasteiger partial charge is 0.313 e. The molecule has 0 spiro atoms. The monoisotopic (exact) mass is 506 g/mol. The van der Waals surface area contributed by atoms with Gasteiger partial charge in [-0.3, -0.25) is 9.89 Å². The zero-order valence-corrected chi connectivity index (χ0v) is 20.5. The van der Waals surface area contributed by atoms with Crippen LogP contribution in [0.2, 0.25) is 0 Å². The summed E-state index contributed by atoms with van der Waals surface area (Å²) in [6.45, 7) is 6.45. The van der Waals surface area contributed by atoms with E-state index in [4.69, 9.17) is 10.8 Å². The predicted molar refractivity (Wildman–Crippen MR) is 136 cm³/mol. The normalized spacial score (nSPS) is 12.1. The lowest BCUT2D eigenvalue weighted by Crippen LogP contribution is -2.30. The number of hydrogen-bond donors (Lipinski definition) is 4. The van der Waals surface area contributed by atoms with E-state index in [-0.39, 0.29) is 29.1 Å². The fraction of sp³-hybridized carbons (Fsp3) is 0.240. The van der Waals surface area contributed by atoms with Crippen molar-refractivity contribution in [2.45, 2.75) is 39.2 Å². The molecule has 190 valence electrons. The van der Waals surface area contributed by atoms with E-state index in [1.165, 1.54) is 26.0 Å². The Labute approximate surface area is 209 Å². The zero-order chi connectivity index (χ0) is 26.6. The van der Waals surface area contributed by atoms with Crippen molar-refractivity contribution < 1.29 is 18.7 Å². The number of nitrogen functional groups attached to an aromatic ring is 1. The van der Waals surface area contributed by atoms with Crippen LogP contribution in [0.1, 0.15) is 39.3 Å². The number of rotatable bonds is 6. The Morgan fingerprint density at radius 1 is 1.16 bits per heavy atom. The third kappa shape index (κ3) is 3.81. The number of carboxylic acids is 1. The second kappa shape index (κ2) is 8.50. The van der Waals surface area contributed by atoms with Gasteiger partial charge < -0.3 is 16.2 Å². The Morgan fingerprint density at radius 2 is 1.92 bits per heavy atom. The van der Waals surface area contributed by atoms with Crippen LogP contribution in [0.3, 0.4) is 0 Å². The largest absolute Gasteiger partial charge is 0.481 e. The lowest BCUT2D eigenvalue weighted by atomic mass is 9.84. The molecule has 0 saturated carbocycles. The molecular weight excluding hydrogens is 482 g/mol. The lowest BCUT2D eigenvalue weighted by Gasteiger charge is -2.21. The van der Waals surface area contributed by atoms with Crippen molar-refractivity contribution >= 4 is 45.4 Å². The second-order valence-electron chi connectivity index (χ2n) is 9.50. The number of H-pyrrole nitrogens is 1. The minimum absolute atomic E-state index is 0.0663. The molecule has 0 aliphatic heterocycles. The molecule has 0 unspecified atom stereocenters. The molecule has 5 aromatic rings. The molecule has 12 heteroatoms. The molecule has 0 aliphatic rings. The molecule has 0 radical (unpaired) electrons. The number of aliphatic carboxylic acids is 1. The van der Waals surface area contributed by atoms with Gasteiger partial charge in [-0.2, -0.15) is 20.2 Å². The predicted octanol–water partition coefficient (Wildman–Crippen LogP) is 4.92. The van der Waals surface area contributed by atoms with E-state index in [0.29, 0.717) is 16.7 Å². The minimum Gasteiger partial charge on any atom is -0.481 e. The Hall–Kier alpha value is -4.61. The van der Waals surface area contributed by atoms with E-state index in [0.717, 1.165) is 16.5 Å². The molecule has 0 saturated heterocycles. The fourth-order valence-electron chi connectivity index (χ4n) is 4.21. The molecule has 0 fully saturated rings. The van der Waals surface area contributed by atoms with E-state index < -0.39 is 23.0 Å². The number of fused-ring (bicyclic) bond motifs is 2. The summed E-state index contributed by atoms with van der Waals surface area (Å²) in [6.07, 6.45) is 1.70. The number of nitrogens with two attached hydrogens (primary N) is 1. The number of benzene rings is 2. The molecule has 0 amide bonds. The molecule has 10 nitrogen and oxygen atoms in total. The van der Waals surface area contributed by atoms with Crippen molar-refractivity contribution in [2.75, 3.05) is 11.1 Å². The first kappa shape index (κ1) is 24.1. The van der Waals surface area contributed by atoms with E-state index in [2.05, 4.69) is 25.5 Å². The van der Waals surface area contributed by atoms with E-state index in [1.54, 1.807) is 10.9 Å². The molecule has 0 atom stereocenters. The van der Waals surface area contributed by atoms with Crippen LogP contribution in [0, 0.1) is 11.6 Å². The number of hydrogen-bond acceptors (Lipinski definition) is 7. The quantitative estimate of drug-likeness (QED) is 0.254. The number of aromatic amines is 1. The molecule has 37 heavy (non-hydrogen) atoms. The highest BCUT2D eigenvalue weighted by Gasteiger charge is 2.34. The van der Waals surface area contributed by atoms with Crippen molar-refractivity contribution in [1.29, 1.82) is 0 Å². The summed E-state index contributed by atoms with van der Waals surface area (Å²) in [6, 6.07) is 8.02. The summed E-state index contributed by atoms with van der Waals surface area (Å²) in [5.41, 5.74) is 6.78. The topological polar surface area (TPSA) is 148 Å². The summed E-state index contributed by atoms with van der Waals surface area (Å²) in [5, 5.41) is 25.2. The van der Waals surface area contributed by atoms with Gasteiger partial charge in [0.1, 0.15) is 11.5 Å². The maximum absolute atomic E-state index is 15.0. The van der Waals surface area contributed by atoms with Gasteiger partial charge in [0.05, 0.1) is 28.2 Å². The van der Waals surface area contributed by atoms with Crippen LogP contribution >= 0.6 is 0 Å². The van der Waals surface area contributed by atoms with Crippen LogP contribution in [0.5, 0.6) is 0 Å². The van der Waals surface area contributed by atoms with Crippen LogP contribution in [0.25, 0.3) is 33.2 Å². The van der Waals surface area contributed by atoms with Crippen molar-refractivity contribution in [3.8, 4) is 11.3 Å². The molecule has 0 bridgehead atoms. The van der Waals surface area contributed by atoms with Gasteiger partial charge in [-0.1, -0.05) is 18.2 Å². The van der Waals surface area contributed by atoms with Crippen LogP contribution in [-0.4, -0.2) is 41.0 Å². The summed E-state index contributed by atoms with van der Waals surface area (Å²) in [7, 11) is 0. The fourth-order valence-corrected chi connectivity index (χ4v) is 4.21. The van der Waals surface area contributed by atoms with Gasteiger partial charge >= 0.3 is 5.97 Å². The second-order valence-corrected chi connectivity index (χ2v) is 9.50. The SMILES string of the molecule is CC(C)n1nc(-c2cccc3[nH]ncc23)c2c(N)nc(Nc3ccc(C(C)(C)C(=O)O)c(F)c3F)nc21. The maximum atomic E-state index is 15.0. The van der Waals surface area contributed by atoms with Gasteiger partial charge in [-0.25, -0.2) is 13.5 Å². The minimum atomic E-state index is -1.62. The van der Waals surface area contributed by atoms with Gasteiger partial charge in [0.25, 0.3) is 0 Å². The number of anilines is 3. The number of nitrogens with zero attached hydrogens (tertiary/aromatic N) is 5. The van der Waals surface area contributed by atoms with Crippen LogP contribution < -0.4 is 11.1 Å². The summed E-state index contributed by atoms with van der Waals surface area (Å²) in [4.78, 5) is 20.3. The van der Waals surface area contributed by atoms with Gasteiger partial charge in [0.2, 0.25) is 5.95 Å². The summed E-state index contributed by atoms with van der Waals surface area (Å²) >= 11 is 0. The first-order valence-electron chi connectivity index (χ1n) is 11.5. The number of carboxylic acid groups (broad SMARTS) is 1. The third-order valence-corrected chi connectivity index (χ3v) is 6.35. The number of aromatic nitrogens is 6. The average Bonchev–Trinajstić information content (AvgIpc) is 3.47. The highest BCUT2D eigenvalue weighted by molar-refractivity contribution is 6.05. The van der Waals surface area contributed by atoms with Gasteiger partial charge in [-0.15, -0.1) is 0 Å². The lowest BCUT2D eigenvalue weighted by molar-refractivity contribution is -0.142. The van der Waals surface area contributed by atoms with Crippen molar-refractivity contribution in [2.24, 2.45) is 0 Å². The molecule has 5 N–H and O–H groups in total. The average molecular weight is 507 g/mol. The molecule has 0 aliphatic carbocycles. The Kier molecular flexibility index (Phi) is 5.54. The first-order valence-corrected chi connectivity index (χ1v) is 11.5. The molecule has 3 heterocycles. The van der Waals surface area contributed by atoms with Crippen LogP contribution in [-0.2, 0) is 10.2 Å². The number of halogens is 2. The van der Waals surface area contributed by atoms with E-state index >= 15 is 0 Å². The van der Waals surface area contributed by atoms with Gasteiger partial charge in [0, 0.05) is 22.6 Å². The zero-order valence-electron chi connectivity index (χ0n) is 20.5. The van der Waals surface area contributed by atoms with Gasteiger partial charge in [-0.05, 0) is 39.8 Å². The standard InChI is InChI=1S/C25H24F2N8O2/c1-11(2)35-22-17(20(34-35)12-6-5-7-15-13(12)10-29-33-15)21(28)31-24(32-22)30-16-9-8-14(18(26)19(16)27)25(3,4)23(36)37/h5-11H,1-4H3,(H,29,33)(H,36,37)(H3,28,30,31,32). The van der Waals surface area contributed by atoms with Crippen molar-refractivity contribution in [3.63, 3.8) is 0 Å². The third-order valence-electron chi connectivity index (χ3n) is 6.35. The van der Waals surface area contributed by atoms with Crippen LogP contribution in [0.15, 0.2) is 36.5 Å². The first-order chi connectivity index (χ1) is 17.5. The Balaban J connectivity index is 1.63. The molecular formula is C25H24F2N8O2. The maximum Gasteiger partial charge on any atom is 0.313 e. The van der Waals surface area contributed by atoms with Crippen molar-refractivity contribution in [1.82, 2.24) is 29.9 Å². The van der Waals surface area contributed by atoms with Crippen LogP contribution in [0.4, 0.5) is 26.2 Å². The number of nitrogens with one attached hydrogen (secondary N) is 2. The molecule has 5 rings (SSSR count). The summed E-state index contributed by atoms with van der Waals surface area (Å²) < 4.78 is 31.5. The molecule has 3 aromatic heterocycles. The Morgan fingerprint density at radius 3 is 2.62 bits per heavy atom. The van der Waals surface area contributed by atoms with E-state index in [1.807, 2.05) is 32.0 Å². The highest BCUT2D eigenvalue weighted by Crippen LogP contribution is 2.37. The van der Waals surface area contributed by atoms with Gasteiger partial charge in [0.15, 0.2) is 17.3 Å². The molecule has 2 aromatic carbocycles. The number of carbonyl (C=O) groups is 1.